The Morgan fingerprint density at radius 1 is 1.47 bits per heavy atom. The van der Waals surface area contributed by atoms with E-state index in [4.69, 9.17) is 0 Å². The molecule has 1 aliphatic rings. The van der Waals surface area contributed by atoms with Gasteiger partial charge in [-0.2, -0.15) is 0 Å². The first kappa shape index (κ1) is 13.9. The second kappa shape index (κ2) is 5.61. The van der Waals surface area contributed by atoms with Crippen molar-refractivity contribution in [2.24, 2.45) is 5.92 Å². The van der Waals surface area contributed by atoms with E-state index in [1.54, 1.807) is 34.9 Å². The topological polar surface area (TPSA) is 63.5 Å². The second-order valence-corrected chi connectivity index (χ2v) is 5.96. The predicted molar refractivity (Wildman–Crippen MR) is 74.7 cm³/mol. The van der Waals surface area contributed by atoms with E-state index in [0.29, 0.717) is 23.8 Å². The molecule has 0 N–H and O–H groups in total. The minimum absolute atomic E-state index is 0.0573. The molecule has 19 heavy (non-hydrogen) atoms. The molecular weight excluding hydrogens is 264 g/mol. The van der Waals surface area contributed by atoms with E-state index in [1.807, 2.05) is 0 Å². The SMILES string of the molecule is CC(C)[C@H]1SCC(=O)N1Cc1ccccc1[N+](=O)[O-]. The van der Waals surface area contributed by atoms with E-state index in [9.17, 15) is 14.9 Å². The number of benzene rings is 1. The Labute approximate surface area is 116 Å². The highest BCUT2D eigenvalue weighted by Gasteiger charge is 2.34. The van der Waals surface area contributed by atoms with Crippen LogP contribution in [-0.4, -0.2) is 26.9 Å². The maximum atomic E-state index is 11.9. The van der Waals surface area contributed by atoms with Gasteiger partial charge in [0.1, 0.15) is 0 Å². The minimum atomic E-state index is -0.395. The van der Waals surface area contributed by atoms with Gasteiger partial charge in [-0.25, -0.2) is 0 Å². The van der Waals surface area contributed by atoms with Crippen LogP contribution in [0.3, 0.4) is 0 Å². The summed E-state index contributed by atoms with van der Waals surface area (Å²) in [5, 5.41) is 11.1. The lowest BCUT2D eigenvalue weighted by Crippen LogP contribution is -2.35. The molecule has 0 bridgehead atoms. The van der Waals surface area contributed by atoms with Crippen LogP contribution in [0.4, 0.5) is 5.69 Å². The molecule has 6 heteroatoms. The van der Waals surface area contributed by atoms with Gasteiger partial charge >= 0.3 is 0 Å². The van der Waals surface area contributed by atoms with Crippen LogP contribution < -0.4 is 0 Å². The maximum absolute atomic E-state index is 11.9. The van der Waals surface area contributed by atoms with Crippen LogP contribution in [0.2, 0.25) is 0 Å². The van der Waals surface area contributed by atoms with Crippen LogP contribution >= 0.6 is 11.8 Å². The predicted octanol–water partition coefficient (Wildman–Crippen LogP) is 2.65. The summed E-state index contributed by atoms with van der Waals surface area (Å²) in [6, 6.07) is 6.60. The molecule has 1 saturated heterocycles. The lowest BCUT2D eigenvalue weighted by Gasteiger charge is -2.26. The first-order valence-corrected chi connectivity index (χ1v) is 7.19. The van der Waals surface area contributed by atoms with E-state index in [0.717, 1.165) is 0 Å². The molecule has 2 rings (SSSR count). The molecule has 0 saturated carbocycles. The largest absolute Gasteiger partial charge is 0.325 e. The van der Waals surface area contributed by atoms with Crippen molar-refractivity contribution < 1.29 is 9.72 Å². The van der Waals surface area contributed by atoms with Crippen LogP contribution in [0, 0.1) is 16.0 Å². The van der Waals surface area contributed by atoms with Gasteiger partial charge in [0.15, 0.2) is 0 Å². The van der Waals surface area contributed by atoms with E-state index in [2.05, 4.69) is 13.8 Å². The fourth-order valence-corrected chi connectivity index (χ4v) is 3.44. The monoisotopic (exact) mass is 280 g/mol. The van der Waals surface area contributed by atoms with Gasteiger partial charge in [-0.1, -0.05) is 32.0 Å². The molecule has 1 fully saturated rings. The van der Waals surface area contributed by atoms with Gasteiger partial charge < -0.3 is 4.90 Å². The van der Waals surface area contributed by atoms with Gasteiger partial charge in [0.05, 0.1) is 22.6 Å². The molecule has 0 aliphatic carbocycles. The van der Waals surface area contributed by atoms with Gasteiger partial charge in [0.25, 0.3) is 5.69 Å². The average molecular weight is 280 g/mol. The Morgan fingerprint density at radius 2 is 2.16 bits per heavy atom. The molecule has 0 aromatic heterocycles. The molecule has 1 aromatic carbocycles. The third kappa shape index (κ3) is 2.89. The van der Waals surface area contributed by atoms with Crippen LogP contribution in [-0.2, 0) is 11.3 Å². The zero-order valence-electron chi connectivity index (χ0n) is 10.9. The number of hydrogen-bond donors (Lipinski definition) is 0. The molecule has 1 aromatic rings. The number of carbonyl (C=O) groups excluding carboxylic acids is 1. The van der Waals surface area contributed by atoms with Crippen molar-refractivity contribution in [3.63, 3.8) is 0 Å². The van der Waals surface area contributed by atoms with Crippen molar-refractivity contribution in [3.05, 3.63) is 39.9 Å². The van der Waals surface area contributed by atoms with Gasteiger partial charge in [-0.15, -0.1) is 11.8 Å². The average Bonchev–Trinajstić information content (AvgIpc) is 2.72. The number of amides is 1. The molecule has 0 radical (unpaired) electrons. The van der Waals surface area contributed by atoms with E-state index in [-0.39, 0.29) is 17.0 Å². The summed E-state index contributed by atoms with van der Waals surface area (Å²) < 4.78 is 0. The van der Waals surface area contributed by atoms with Crippen molar-refractivity contribution in [3.8, 4) is 0 Å². The number of nitro benzene ring substituents is 1. The molecule has 102 valence electrons. The normalized spacial score (nSPS) is 19.2. The Bertz CT molecular complexity index is 504. The van der Waals surface area contributed by atoms with Crippen molar-refractivity contribution >= 4 is 23.4 Å². The first-order chi connectivity index (χ1) is 9.00. The quantitative estimate of drug-likeness (QED) is 0.628. The summed E-state index contributed by atoms with van der Waals surface area (Å²) in [4.78, 5) is 24.3. The summed E-state index contributed by atoms with van der Waals surface area (Å²) in [5.41, 5.74) is 0.670. The number of para-hydroxylation sites is 1. The summed E-state index contributed by atoms with van der Waals surface area (Å²) in [5.74, 6) is 0.852. The highest BCUT2D eigenvalue weighted by molar-refractivity contribution is 8.01. The summed E-state index contributed by atoms with van der Waals surface area (Å²) in [6.07, 6.45) is 0. The fourth-order valence-electron chi connectivity index (χ4n) is 2.21. The molecule has 0 spiro atoms. The van der Waals surface area contributed by atoms with Gasteiger partial charge in [-0.3, -0.25) is 14.9 Å². The van der Waals surface area contributed by atoms with Crippen molar-refractivity contribution in [2.45, 2.75) is 25.8 Å². The maximum Gasteiger partial charge on any atom is 0.274 e. The standard InChI is InChI=1S/C13H16N2O3S/c1-9(2)13-14(12(16)8-19-13)7-10-5-3-4-6-11(10)15(17)18/h3-6,9,13H,7-8H2,1-2H3/t13-/m1/s1. The lowest BCUT2D eigenvalue weighted by atomic mass is 10.1. The molecule has 0 unspecified atom stereocenters. The van der Waals surface area contributed by atoms with Crippen molar-refractivity contribution in [1.29, 1.82) is 0 Å². The van der Waals surface area contributed by atoms with Crippen molar-refractivity contribution in [1.82, 2.24) is 4.90 Å². The number of hydrogen-bond acceptors (Lipinski definition) is 4. The second-order valence-electron chi connectivity index (χ2n) is 4.85. The van der Waals surface area contributed by atoms with Gasteiger partial charge in [0, 0.05) is 11.6 Å². The zero-order chi connectivity index (χ0) is 14.0. The number of nitrogens with zero attached hydrogens (tertiary/aromatic N) is 2. The van der Waals surface area contributed by atoms with Crippen LogP contribution in [0.5, 0.6) is 0 Å². The summed E-state index contributed by atoms with van der Waals surface area (Å²) in [7, 11) is 0. The Kier molecular flexibility index (Phi) is 4.09. The number of thioether (sulfide) groups is 1. The molecule has 1 atom stereocenters. The summed E-state index contributed by atoms with van der Waals surface area (Å²) in [6.45, 7) is 4.43. The fraction of sp³-hybridized carbons (Fsp3) is 0.462. The van der Waals surface area contributed by atoms with E-state index >= 15 is 0 Å². The molecule has 1 amide bonds. The minimum Gasteiger partial charge on any atom is -0.325 e. The Morgan fingerprint density at radius 3 is 2.79 bits per heavy atom. The molecular formula is C13H16N2O3S. The zero-order valence-corrected chi connectivity index (χ0v) is 11.7. The molecule has 1 aliphatic heterocycles. The smallest absolute Gasteiger partial charge is 0.274 e. The Balaban J connectivity index is 2.25. The van der Waals surface area contributed by atoms with Crippen molar-refractivity contribution in [2.75, 3.05) is 5.75 Å². The molecule has 1 heterocycles. The van der Waals surface area contributed by atoms with Gasteiger partial charge in [-0.05, 0) is 5.92 Å². The van der Waals surface area contributed by atoms with Crippen LogP contribution in [0.15, 0.2) is 24.3 Å². The van der Waals surface area contributed by atoms with Crippen LogP contribution in [0.25, 0.3) is 0 Å². The Hall–Kier alpha value is -1.56. The number of carbonyl (C=O) groups is 1. The third-order valence-electron chi connectivity index (χ3n) is 3.10. The van der Waals surface area contributed by atoms with Crippen LogP contribution in [0.1, 0.15) is 19.4 Å². The first-order valence-electron chi connectivity index (χ1n) is 6.14. The summed E-state index contributed by atoms with van der Waals surface area (Å²) >= 11 is 1.61. The third-order valence-corrected chi connectivity index (χ3v) is 4.66. The number of rotatable bonds is 4. The lowest BCUT2D eigenvalue weighted by molar-refractivity contribution is -0.385. The van der Waals surface area contributed by atoms with E-state index in [1.165, 1.54) is 6.07 Å². The molecule has 5 nitrogen and oxygen atoms in total. The van der Waals surface area contributed by atoms with E-state index < -0.39 is 4.92 Å². The number of nitro groups is 1. The highest BCUT2D eigenvalue weighted by Crippen LogP contribution is 2.33. The highest BCUT2D eigenvalue weighted by atomic mass is 32.2. The van der Waals surface area contributed by atoms with Gasteiger partial charge in [0.2, 0.25) is 5.91 Å².